The quantitative estimate of drug-likeness (QED) is 0.778. The SMILES string of the molecule is O=C(Nc1ccc(Cl)cc1C(F)(F)F)C1CC(=O)N(Cc2ccc3c(c2)OCO3)C1. The van der Waals surface area contributed by atoms with E-state index in [-0.39, 0.29) is 37.2 Å². The van der Waals surface area contributed by atoms with Crippen molar-refractivity contribution < 1.29 is 32.2 Å². The second-order valence-corrected chi connectivity index (χ2v) is 7.48. The van der Waals surface area contributed by atoms with Crippen molar-refractivity contribution in [3.63, 3.8) is 0 Å². The summed E-state index contributed by atoms with van der Waals surface area (Å²) in [7, 11) is 0. The summed E-state index contributed by atoms with van der Waals surface area (Å²) in [6.45, 7) is 0.496. The minimum absolute atomic E-state index is 0.0780. The molecule has 1 atom stereocenters. The van der Waals surface area contributed by atoms with Gasteiger partial charge in [0, 0.05) is 24.5 Å². The first-order valence-corrected chi connectivity index (χ1v) is 9.42. The Kier molecular flexibility index (Phi) is 5.23. The number of benzene rings is 2. The van der Waals surface area contributed by atoms with E-state index in [2.05, 4.69) is 5.32 Å². The van der Waals surface area contributed by atoms with Crippen LogP contribution in [-0.4, -0.2) is 30.1 Å². The number of carbonyl (C=O) groups excluding carboxylic acids is 2. The largest absolute Gasteiger partial charge is 0.454 e. The van der Waals surface area contributed by atoms with Gasteiger partial charge in [0.1, 0.15) is 0 Å². The van der Waals surface area contributed by atoms with Gasteiger partial charge in [-0.05, 0) is 35.9 Å². The molecule has 1 fully saturated rings. The Morgan fingerprint density at radius 1 is 1.17 bits per heavy atom. The average molecular weight is 441 g/mol. The third-order valence-electron chi connectivity index (χ3n) is 4.94. The summed E-state index contributed by atoms with van der Waals surface area (Å²) in [5.74, 6) is -0.462. The maximum atomic E-state index is 13.2. The van der Waals surface area contributed by atoms with Crippen LogP contribution in [0.1, 0.15) is 17.5 Å². The van der Waals surface area contributed by atoms with Gasteiger partial charge in [0.25, 0.3) is 0 Å². The van der Waals surface area contributed by atoms with Crippen molar-refractivity contribution in [3.05, 3.63) is 52.5 Å². The van der Waals surface area contributed by atoms with Gasteiger partial charge in [-0.3, -0.25) is 9.59 Å². The molecule has 30 heavy (non-hydrogen) atoms. The van der Waals surface area contributed by atoms with Crippen molar-refractivity contribution in [1.82, 2.24) is 4.90 Å². The van der Waals surface area contributed by atoms with Gasteiger partial charge in [-0.1, -0.05) is 17.7 Å². The van der Waals surface area contributed by atoms with E-state index in [9.17, 15) is 22.8 Å². The number of alkyl halides is 3. The number of anilines is 1. The summed E-state index contributed by atoms with van der Waals surface area (Å²) < 4.78 is 50.2. The van der Waals surface area contributed by atoms with E-state index in [1.807, 2.05) is 0 Å². The summed E-state index contributed by atoms with van der Waals surface area (Å²) in [4.78, 5) is 26.4. The second kappa shape index (κ2) is 7.71. The molecule has 2 aromatic rings. The molecule has 2 heterocycles. The number of halogens is 4. The summed E-state index contributed by atoms with van der Waals surface area (Å²) in [5, 5.41) is 2.20. The lowest BCUT2D eigenvalue weighted by atomic mass is 10.1. The maximum absolute atomic E-state index is 13.2. The number of fused-ring (bicyclic) bond motifs is 1. The lowest BCUT2D eigenvalue weighted by molar-refractivity contribution is -0.137. The first kappa shape index (κ1) is 20.3. The minimum atomic E-state index is -4.68. The fraction of sp³-hybridized carbons (Fsp3) is 0.300. The van der Waals surface area contributed by atoms with Crippen molar-refractivity contribution in [2.45, 2.75) is 19.1 Å². The van der Waals surface area contributed by atoms with E-state index >= 15 is 0 Å². The molecule has 0 spiro atoms. The molecular formula is C20H16ClF3N2O4. The number of nitrogens with one attached hydrogen (secondary N) is 1. The van der Waals surface area contributed by atoms with E-state index in [0.717, 1.165) is 17.7 Å². The molecule has 1 N–H and O–H groups in total. The molecule has 10 heteroatoms. The topological polar surface area (TPSA) is 67.9 Å². The van der Waals surface area contributed by atoms with Crippen LogP contribution in [0.2, 0.25) is 5.02 Å². The first-order valence-electron chi connectivity index (χ1n) is 9.04. The van der Waals surface area contributed by atoms with Crippen LogP contribution >= 0.6 is 11.6 Å². The van der Waals surface area contributed by atoms with Crippen molar-refractivity contribution in [2.75, 3.05) is 18.7 Å². The third-order valence-corrected chi connectivity index (χ3v) is 5.18. The Bertz CT molecular complexity index is 1010. The number of ether oxygens (including phenoxy) is 2. The van der Waals surface area contributed by atoms with E-state index in [1.165, 1.54) is 11.0 Å². The van der Waals surface area contributed by atoms with E-state index < -0.39 is 29.3 Å². The molecule has 2 aliphatic heterocycles. The van der Waals surface area contributed by atoms with Crippen LogP contribution in [-0.2, 0) is 22.3 Å². The van der Waals surface area contributed by atoms with Gasteiger partial charge in [0.2, 0.25) is 18.6 Å². The van der Waals surface area contributed by atoms with Crippen LogP contribution in [0.15, 0.2) is 36.4 Å². The third kappa shape index (κ3) is 4.16. The molecule has 2 amide bonds. The first-order chi connectivity index (χ1) is 14.2. The molecule has 0 aliphatic carbocycles. The maximum Gasteiger partial charge on any atom is 0.418 e. The van der Waals surface area contributed by atoms with Crippen molar-refractivity contribution in [1.29, 1.82) is 0 Å². The van der Waals surface area contributed by atoms with Crippen LogP contribution in [0, 0.1) is 5.92 Å². The highest BCUT2D eigenvalue weighted by Gasteiger charge is 2.37. The molecule has 2 aliphatic rings. The predicted octanol–water partition coefficient (Wildman–Crippen LogP) is 4.07. The highest BCUT2D eigenvalue weighted by Crippen LogP contribution is 2.37. The van der Waals surface area contributed by atoms with Crippen LogP contribution in [0.5, 0.6) is 11.5 Å². The predicted molar refractivity (Wildman–Crippen MR) is 101 cm³/mol. The van der Waals surface area contributed by atoms with Crippen LogP contribution in [0.25, 0.3) is 0 Å². The number of hydrogen-bond acceptors (Lipinski definition) is 4. The van der Waals surface area contributed by atoms with E-state index in [4.69, 9.17) is 21.1 Å². The second-order valence-electron chi connectivity index (χ2n) is 7.04. The van der Waals surface area contributed by atoms with Gasteiger partial charge in [0.15, 0.2) is 11.5 Å². The Hall–Kier alpha value is -2.94. The zero-order chi connectivity index (χ0) is 21.5. The van der Waals surface area contributed by atoms with E-state index in [0.29, 0.717) is 11.5 Å². The Balaban J connectivity index is 1.44. The van der Waals surface area contributed by atoms with Gasteiger partial charge in [-0.15, -0.1) is 0 Å². The molecule has 6 nitrogen and oxygen atoms in total. The Morgan fingerprint density at radius 2 is 1.93 bits per heavy atom. The number of hydrogen-bond donors (Lipinski definition) is 1. The number of rotatable bonds is 4. The van der Waals surface area contributed by atoms with Crippen LogP contribution < -0.4 is 14.8 Å². The number of nitrogens with zero attached hydrogens (tertiary/aromatic N) is 1. The molecule has 4 rings (SSSR count). The van der Waals surface area contributed by atoms with Crippen LogP contribution in [0.3, 0.4) is 0 Å². The number of amides is 2. The van der Waals surface area contributed by atoms with Gasteiger partial charge in [-0.25, -0.2) is 0 Å². The highest BCUT2D eigenvalue weighted by molar-refractivity contribution is 6.30. The minimum Gasteiger partial charge on any atom is -0.454 e. The fourth-order valence-corrected chi connectivity index (χ4v) is 3.63. The fourth-order valence-electron chi connectivity index (χ4n) is 3.46. The molecule has 158 valence electrons. The smallest absolute Gasteiger partial charge is 0.418 e. The molecule has 1 unspecified atom stereocenters. The highest BCUT2D eigenvalue weighted by atomic mass is 35.5. The number of likely N-dealkylation sites (tertiary alicyclic amines) is 1. The lowest BCUT2D eigenvalue weighted by Gasteiger charge is -2.18. The summed E-state index contributed by atoms with van der Waals surface area (Å²) >= 11 is 5.66. The summed E-state index contributed by atoms with van der Waals surface area (Å²) in [5.41, 5.74) is -0.630. The van der Waals surface area contributed by atoms with Gasteiger partial charge in [0.05, 0.1) is 17.2 Å². The molecule has 2 aromatic carbocycles. The summed E-state index contributed by atoms with van der Waals surface area (Å²) in [6, 6.07) is 8.40. The number of carbonyl (C=O) groups is 2. The molecule has 0 saturated carbocycles. The Labute approximate surface area is 174 Å². The van der Waals surface area contributed by atoms with Crippen molar-refractivity contribution in [3.8, 4) is 11.5 Å². The molecule has 1 saturated heterocycles. The lowest BCUT2D eigenvalue weighted by Crippen LogP contribution is -2.28. The monoisotopic (exact) mass is 440 g/mol. The normalized spacial score (nSPS) is 18.1. The molecular weight excluding hydrogens is 425 g/mol. The zero-order valence-electron chi connectivity index (χ0n) is 15.5. The van der Waals surface area contributed by atoms with Crippen molar-refractivity contribution in [2.24, 2.45) is 5.92 Å². The van der Waals surface area contributed by atoms with Gasteiger partial charge < -0.3 is 19.7 Å². The van der Waals surface area contributed by atoms with Crippen LogP contribution in [0.4, 0.5) is 18.9 Å². The summed E-state index contributed by atoms with van der Waals surface area (Å²) in [6.07, 6.45) is -4.75. The molecule has 0 aromatic heterocycles. The van der Waals surface area contributed by atoms with E-state index in [1.54, 1.807) is 18.2 Å². The van der Waals surface area contributed by atoms with Gasteiger partial charge >= 0.3 is 6.18 Å². The standard InChI is InChI=1S/C20H16ClF3N2O4/c21-13-2-3-15(14(7-13)20(22,23)24)25-19(28)12-6-18(27)26(9-12)8-11-1-4-16-17(5-11)30-10-29-16/h1-5,7,12H,6,8-10H2,(H,25,28). The average Bonchev–Trinajstić information content (AvgIpc) is 3.29. The Morgan fingerprint density at radius 3 is 2.70 bits per heavy atom. The molecule has 0 bridgehead atoms. The molecule has 0 radical (unpaired) electrons. The van der Waals surface area contributed by atoms with Gasteiger partial charge in [-0.2, -0.15) is 13.2 Å². The zero-order valence-corrected chi connectivity index (χ0v) is 16.2. The van der Waals surface area contributed by atoms with Crippen molar-refractivity contribution >= 4 is 29.1 Å².